The largest absolute Gasteiger partial charge is 0.377 e. The lowest BCUT2D eigenvalue weighted by Gasteiger charge is -2.53. The molecule has 53 heavy (non-hydrogen) atoms. The molecule has 0 spiro atoms. The minimum atomic E-state index is 0.198. The van der Waals surface area contributed by atoms with E-state index in [1.54, 1.807) is 0 Å². The third-order valence-electron chi connectivity index (χ3n) is 14.4. The van der Waals surface area contributed by atoms with Crippen molar-refractivity contribution in [3.63, 3.8) is 0 Å². The number of carbonyl (C=O) groups excluding carboxylic acids is 2. The van der Waals surface area contributed by atoms with Gasteiger partial charge in [-0.25, -0.2) is 9.59 Å². The summed E-state index contributed by atoms with van der Waals surface area (Å²) in [6, 6.07) is 9.33. The Morgan fingerprint density at radius 1 is 0.736 bits per heavy atom. The van der Waals surface area contributed by atoms with Crippen LogP contribution in [0.3, 0.4) is 0 Å². The van der Waals surface area contributed by atoms with Gasteiger partial charge in [0, 0.05) is 44.8 Å². The number of aryl methyl sites for hydroxylation is 1. The van der Waals surface area contributed by atoms with Gasteiger partial charge < -0.3 is 39.7 Å². The van der Waals surface area contributed by atoms with Crippen molar-refractivity contribution in [3.05, 3.63) is 68.3 Å². The van der Waals surface area contributed by atoms with E-state index in [9.17, 15) is 9.59 Å². The van der Waals surface area contributed by atoms with Gasteiger partial charge in [0.25, 0.3) is 0 Å². The number of hydrogen-bond donors (Lipinski definition) is 2. The van der Waals surface area contributed by atoms with Gasteiger partial charge in [0.05, 0.1) is 50.6 Å². The maximum absolute atomic E-state index is 14.2. The van der Waals surface area contributed by atoms with Gasteiger partial charge in [-0.05, 0) is 127 Å². The molecule has 2 aromatic rings. The predicted octanol–water partition coefficient (Wildman–Crippen LogP) is 5.65. The zero-order valence-electron chi connectivity index (χ0n) is 32.0. The lowest BCUT2D eigenvalue weighted by molar-refractivity contribution is -0.106. The number of rotatable bonds is 4. The van der Waals surface area contributed by atoms with Crippen LogP contribution in [0, 0.1) is 6.92 Å². The molecule has 0 radical (unpaired) electrons. The number of fused-ring (bicyclic) bond motifs is 6. The highest BCUT2D eigenvalue weighted by Gasteiger charge is 2.47. The average Bonchev–Trinajstić information content (AvgIpc) is 3.94. The lowest BCUT2D eigenvalue weighted by atomic mass is 9.79. The van der Waals surface area contributed by atoms with E-state index in [2.05, 4.69) is 69.2 Å². The first-order chi connectivity index (χ1) is 25.8. The fourth-order valence-corrected chi connectivity index (χ4v) is 11.6. The number of morpholine rings is 2. The van der Waals surface area contributed by atoms with Crippen molar-refractivity contribution in [1.82, 2.24) is 30.2 Å². The normalized spacial score (nSPS) is 31.9. The Kier molecular flexibility index (Phi) is 8.76. The Balaban J connectivity index is 0.943. The molecule has 0 aromatic heterocycles. The molecule has 4 bridgehead atoms. The SMILES string of the molecule is Cc1cc([C@@H]2CCCN2)c2c(c1C1CN[C@H](c3cc(C(C)C)cc4c3CN(C(=O)N3C5COCC3C5)CC4)C1)CCN(C(=O)N1C3CCC1COC3)C2. The molecular weight excluding hydrogens is 665 g/mol. The topological polar surface area (TPSA) is 89.6 Å². The second-order valence-electron chi connectivity index (χ2n) is 17.8. The molecule has 10 heteroatoms. The average molecular weight is 723 g/mol. The fraction of sp³-hybridized carbons (Fsp3) is 0.674. The molecule has 10 nitrogen and oxygen atoms in total. The molecule has 0 saturated carbocycles. The van der Waals surface area contributed by atoms with E-state index in [0.717, 1.165) is 71.1 Å². The standard InChI is InChI=1S/C43H58N6O4/c1-25(2)28-14-27-8-11-46(43(51)49-32-17-33(49)24-53-23-32)19-37(27)36(15-28)40-16-29(18-45-40)41-26(3)13-35(39-5-4-10-44-39)38-20-47(12-9-34(38)41)42(50)48-30-6-7-31(48)22-52-21-30/h13-15,25,29-33,39-40,44-45H,4-12,16-24H2,1-3H3/t29?,30?,31?,32?,33?,39-,40-/m0/s1. The fourth-order valence-electron chi connectivity index (χ4n) is 11.6. The first kappa shape index (κ1) is 34.3. The molecular formula is C43H58N6O4. The van der Waals surface area contributed by atoms with Crippen LogP contribution < -0.4 is 10.6 Å². The van der Waals surface area contributed by atoms with Gasteiger partial charge in [0.15, 0.2) is 0 Å². The Bertz CT molecular complexity index is 1760. The Labute approximate surface area is 314 Å². The van der Waals surface area contributed by atoms with Gasteiger partial charge in [-0.3, -0.25) is 0 Å². The zero-order valence-corrected chi connectivity index (χ0v) is 32.0. The van der Waals surface area contributed by atoms with Crippen molar-refractivity contribution in [2.24, 2.45) is 0 Å². The van der Waals surface area contributed by atoms with E-state index in [0.29, 0.717) is 57.4 Å². The monoisotopic (exact) mass is 722 g/mol. The second kappa shape index (κ2) is 13.5. The van der Waals surface area contributed by atoms with E-state index in [-0.39, 0.29) is 42.3 Å². The summed E-state index contributed by atoms with van der Waals surface area (Å²) in [7, 11) is 0. The highest BCUT2D eigenvalue weighted by atomic mass is 16.5. The number of hydrogen-bond acceptors (Lipinski definition) is 6. The number of nitrogens with zero attached hydrogens (tertiary/aromatic N) is 4. The first-order valence-corrected chi connectivity index (χ1v) is 20.9. The highest BCUT2D eigenvalue weighted by molar-refractivity contribution is 5.77. The van der Waals surface area contributed by atoms with Crippen LogP contribution >= 0.6 is 0 Å². The first-order valence-electron chi connectivity index (χ1n) is 20.9. The number of benzene rings is 2. The summed E-state index contributed by atoms with van der Waals surface area (Å²) in [5.74, 6) is 0.845. The van der Waals surface area contributed by atoms with Crippen LogP contribution in [-0.2, 0) is 35.4 Å². The summed E-state index contributed by atoms with van der Waals surface area (Å²) < 4.78 is 11.5. The maximum atomic E-state index is 14.2. The van der Waals surface area contributed by atoms with Crippen LogP contribution in [0.4, 0.5) is 9.59 Å². The number of ether oxygens (including phenoxy) is 2. The van der Waals surface area contributed by atoms with E-state index < -0.39 is 0 Å². The van der Waals surface area contributed by atoms with Gasteiger partial charge >= 0.3 is 12.1 Å². The van der Waals surface area contributed by atoms with Crippen LogP contribution in [-0.4, -0.2) is 108 Å². The van der Waals surface area contributed by atoms with E-state index in [4.69, 9.17) is 9.47 Å². The number of urea groups is 2. The van der Waals surface area contributed by atoms with Crippen LogP contribution in [0.2, 0.25) is 0 Å². The van der Waals surface area contributed by atoms with Crippen molar-refractivity contribution in [3.8, 4) is 0 Å². The van der Waals surface area contributed by atoms with E-state index in [1.165, 1.54) is 56.5 Å². The molecule has 7 atom stereocenters. The molecule has 284 valence electrons. The summed E-state index contributed by atoms with van der Waals surface area (Å²) in [5, 5.41) is 7.82. The molecule has 10 rings (SSSR count). The summed E-state index contributed by atoms with van der Waals surface area (Å²) in [5.41, 5.74) is 12.8. The van der Waals surface area contributed by atoms with Crippen molar-refractivity contribution in [2.45, 2.75) is 133 Å². The minimum absolute atomic E-state index is 0.198. The molecule has 2 N–H and O–H groups in total. The lowest BCUT2D eigenvalue weighted by Crippen LogP contribution is -2.68. The van der Waals surface area contributed by atoms with Gasteiger partial charge in [-0.1, -0.05) is 32.0 Å². The van der Waals surface area contributed by atoms with Crippen LogP contribution in [0.5, 0.6) is 0 Å². The maximum Gasteiger partial charge on any atom is 0.320 e. The Morgan fingerprint density at radius 3 is 2.08 bits per heavy atom. The van der Waals surface area contributed by atoms with Crippen LogP contribution in [0.15, 0.2) is 18.2 Å². The highest BCUT2D eigenvalue weighted by Crippen LogP contribution is 2.45. The molecule has 6 fully saturated rings. The van der Waals surface area contributed by atoms with Crippen molar-refractivity contribution in [2.75, 3.05) is 52.6 Å². The number of carbonyl (C=O) groups is 2. The van der Waals surface area contributed by atoms with Crippen molar-refractivity contribution < 1.29 is 19.1 Å². The summed E-state index contributed by atoms with van der Waals surface area (Å²) >= 11 is 0. The molecule has 4 amide bonds. The number of nitrogens with one attached hydrogen (secondary N) is 2. The van der Waals surface area contributed by atoms with Crippen molar-refractivity contribution in [1.29, 1.82) is 0 Å². The second-order valence-corrected chi connectivity index (χ2v) is 17.8. The summed E-state index contributed by atoms with van der Waals surface area (Å²) in [4.78, 5) is 36.6. The number of amides is 4. The van der Waals surface area contributed by atoms with Gasteiger partial charge in [-0.15, -0.1) is 0 Å². The molecule has 2 aromatic carbocycles. The minimum Gasteiger partial charge on any atom is -0.377 e. The van der Waals surface area contributed by atoms with E-state index in [1.807, 2.05) is 0 Å². The molecule has 6 saturated heterocycles. The van der Waals surface area contributed by atoms with Crippen molar-refractivity contribution >= 4 is 12.1 Å². The Morgan fingerprint density at radius 2 is 1.40 bits per heavy atom. The third kappa shape index (κ3) is 5.80. The Hall–Kier alpha value is -3.18. The third-order valence-corrected chi connectivity index (χ3v) is 14.4. The van der Waals surface area contributed by atoms with Gasteiger partial charge in [-0.2, -0.15) is 0 Å². The predicted molar refractivity (Wildman–Crippen MR) is 203 cm³/mol. The summed E-state index contributed by atoms with van der Waals surface area (Å²) in [6.45, 7) is 14.6. The van der Waals surface area contributed by atoms with Gasteiger partial charge in [0.2, 0.25) is 0 Å². The van der Waals surface area contributed by atoms with Crippen LogP contribution in [0.1, 0.15) is 126 Å². The van der Waals surface area contributed by atoms with Gasteiger partial charge in [0.1, 0.15) is 0 Å². The van der Waals surface area contributed by atoms with Crippen LogP contribution in [0.25, 0.3) is 0 Å². The molecule has 5 unspecified atom stereocenters. The quantitative estimate of drug-likeness (QED) is 0.424. The molecule has 0 aliphatic carbocycles. The van der Waals surface area contributed by atoms with E-state index >= 15 is 0 Å². The molecule has 8 heterocycles. The molecule has 8 aliphatic heterocycles. The summed E-state index contributed by atoms with van der Waals surface area (Å²) in [6.07, 6.45) is 8.43. The smallest absolute Gasteiger partial charge is 0.320 e. The zero-order chi connectivity index (χ0) is 36.0. The molecule has 8 aliphatic rings.